The number of allylic oxidation sites excluding steroid dienone is 1. The fraction of sp³-hybridized carbons (Fsp3) is 0.857. The van der Waals surface area contributed by atoms with E-state index in [0.717, 1.165) is 32.0 Å². The number of unbranched alkanes of at least 4 members (excludes halogenated alkanes) is 5. The maximum atomic E-state index is 5.60. The van der Waals surface area contributed by atoms with Crippen LogP contribution in [-0.2, 0) is 4.74 Å². The van der Waals surface area contributed by atoms with Crippen molar-refractivity contribution < 1.29 is 4.74 Å². The minimum atomic E-state index is 0.751. The lowest BCUT2D eigenvalue weighted by Crippen LogP contribution is -2.21. The van der Waals surface area contributed by atoms with E-state index < -0.39 is 0 Å². The Labute approximate surface area is 107 Å². The molecule has 0 saturated carbocycles. The molecule has 0 fully saturated rings. The SMILES string of the molecule is CC=C(N)NCCCOCCCCCCCC. The van der Waals surface area contributed by atoms with Crippen LogP contribution in [0.15, 0.2) is 11.9 Å². The van der Waals surface area contributed by atoms with Crippen molar-refractivity contribution in [2.24, 2.45) is 5.73 Å². The average Bonchev–Trinajstić information content (AvgIpc) is 2.35. The first-order valence-corrected chi connectivity index (χ1v) is 7.04. The fourth-order valence-corrected chi connectivity index (χ4v) is 1.60. The number of nitrogens with two attached hydrogens (primary N) is 1. The highest BCUT2D eigenvalue weighted by molar-refractivity contribution is 4.89. The fourth-order valence-electron chi connectivity index (χ4n) is 1.60. The largest absolute Gasteiger partial charge is 0.386 e. The molecule has 0 aromatic heterocycles. The highest BCUT2D eigenvalue weighted by atomic mass is 16.5. The monoisotopic (exact) mass is 242 g/mol. The van der Waals surface area contributed by atoms with Gasteiger partial charge >= 0.3 is 0 Å². The molecular formula is C14H30N2O. The zero-order valence-corrected chi connectivity index (χ0v) is 11.6. The molecule has 3 heteroatoms. The van der Waals surface area contributed by atoms with Gasteiger partial charge in [-0.05, 0) is 25.8 Å². The molecule has 0 aromatic rings. The quantitative estimate of drug-likeness (QED) is 0.517. The van der Waals surface area contributed by atoms with Gasteiger partial charge < -0.3 is 15.8 Å². The van der Waals surface area contributed by atoms with E-state index in [-0.39, 0.29) is 0 Å². The van der Waals surface area contributed by atoms with Crippen molar-refractivity contribution in [3.63, 3.8) is 0 Å². The zero-order chi connectivity index (χ0) is 12.8. The first-order chi connectivity index (χ1) is 8.31. The van der Waals surface area contributed by atoms with Crippen LogP contribution >= 0.6 is 0 Å². The summed E-state index contributed by atoms with van der Waals surface area (Å²) in [6, 6.07) is 0. The van der Waals surface area contributed by atoms with E-state index in [1.807, 2.05) is 13.0 Å². The van der Waals surface area contributed by atoms with Gasteiger partial charge in [-0.25, -0.2) is 0 Å². The summed E-state index contributed by atoms with van der Waals surface area (Å²) in [5, 5.41) is 3.12. The third-order valence-corrected chi connectivity index (χ3v) is 2.75. The molecule has 0 atom stereocenters. The molecule has 17 heavy (non-hydrogen) atoms. The van der Waals surface area contributed by atoms with E-state index in [2.05, 4.69) is 12.2 Å². The molecule has 3 N–H and O–H groups in total. The van der Waals surface area contributed by atoms with Crippen LogP contribution in [0.2, 0.25) is 0 Å². The maximum Gasteiger partial charge on any atom is 0.0916 e. The molecule has 3 nitrogen and oxygen atoms in total. The molecular weight excluding hydrogens is 212 g/mol. The molecule has 0 aliphatic carbocycles. The third-order valence-electron chi connectivity index (χ3n) is 2.75. The molecule has 0 unspecified atom stereocenters. The average molecular weight is 242 g/mol. The Bertz CT molecular complexity index is 181. The van der Waals surface area contributed by atoms with Crippen molar-refractivity contribution in [2.45, 2.75) is 58.8 Å². The summed E-state index contributed by atoms with van der Waals surface area (Å²) in [6.07, 6.45) is 10.8. The number of nitrogens with one attached hydrogen (secondary N) is 1. The highest BCUT2D eigenvalue weighted by Gasteiger charge is 1.92. The van der Waals surface area contributed by atoms with Crippen LogP contribution in [0.1, 0.15) is 58.8 Å². The Morgan fingerprint density at radius 1 is 1.06 bits per heavy atom. The molecule has 0 bridgehead atoms. The minimum absolute atomic E-state index is 0.751. The predicted molar refractivity (Wildman–Crippen MR) is 74.8 cm³/mol. The number of hydrogen-bond donors (Lipinski definition) is 2. The van der Waals surface area contributed by atoms with E-state index in [1.165, 1.54) is 38.5 Å². The summed E-state index contributed by atoms with van der Waals surface area (Å²) in [5.41, 5.74) is 5.60. The summed E-state index contributed by atoms with van der Waals surface area (Å²) >= 11 is 0. The molecule has 0 amide bonds. The molecule has 0 rings (SSSR count). The second kappa shape index (κ2) is 13.4. The topological polar surface area (TPSA) is 47.3 Å². The van der Waals surface area contributed by atoms with Crippen LogP contribution in [0.5, 0.6) is 0 Å². The van der Waals surface area contributed by atoms with Crippen LogP contribution in [0.3, 0.4) is 0 Å². The number of ether oxygens (including phenoxy) is 1. The van der Waals surface area contributed by atoms with Crippen molar-refractivity contribution in [3.05, 3.63) is 11.9 Å². The predicted octanol–water partition coefficient (Wildman–Crippen LogP) is 3.16. The third kappa shape index (κ3) is 13.2. The van der Waals surface area contributed by atoms with Crippen LogP contribution in [-0.4, -0.2) is 19.8 Å². The van der Waals surface area contributed by atoms with E-state index >= 15 is 0 Å². The number of hydrogen-bond acceptors (Lipinski definition) is 3. The Balaban J connectivity index is 2.99. The van der Waals surface area contributed by atoms with Gasteiger partial charge in [0, 0.05) is 19.8 Å². The van der Waals surface area contributed by atoms with Crippen molar-refractivity contribution in [1.29, 1.82) is 0 Å². The van der Waals surface area contributed by atoms with Crippen molar-refractivity contribution in [3.8, 4) is 0 Å². The van der Waals surface area contributed by atoms with E-state index in [0.29, 0.717) is 0 Å². The molecule has 0 aliphatic heterocycles. The van der Waals surface area contributed by atoms with Gasteiger partial charge in [-0.1, -0.05) is 39.0 Å². The second-order valence-electron chi connectivity index (χ2n) is 4.40. The molecule has 0 radical (unpaired) electrons. The molecule has 0 aliphatic rings. The standard InChI is InChI=1S/C14H30N2O/c1-3-5-6-7-8-9-12-17-13-10-11-16-14(15)4-2/h4,16H,3,5-13,15H2,1-2H3. The van der Waals surface area contributed by atoms with E-state index in [4.69, 9.17) is 10.5 Å². The van der Waals surface area contributed by atoms with Gasteiger partial charge in [0.05, 0.1) is 5.82 Å². The lowest BCUT2D eigenvalue weighted by molar-refractivity contribution is 0.128. The van der Waals surface area contributed by atoms with Gasteiger partial charge in [0.2, 0.25) is 0 Å². The Kier molecular flexibility index (Phi) is 12.8. The second-order valence-corrected chi connectivity index (χ2v) is 4.40. The Morgan fingerprint density at radius 2 is 1.71 bits per heavy atom. The number of rotatable bonds is 12. The lowest BCUT2D eigenvalue weighted by atomic mass is 10.1. The Hall–Kier alpha value is -0.700. The van der Waals surface area contributed by atoms with Gasteiger partial charge in [-0.3, -0.25) is 0 Å². The zero-order valence-electron chi connectivity index (χ0n) is 11.6. The summed E-state index contributed by atoms with van der Waals surface area (Å²) in [7, 11) is 0. The summed E-state index contributed by atoms with van der Waals surface area (Å²) < 4.78 is 5.56. The van der Waals surface area contributed by atoms with Crippen molar-refractivity contribution in [1.82, 2.24) is 5.32 Å². The molecule has 0 heterocycles. The Morgan fingerprint density at radius 3 is 2.41 bits per heavy atom. The summed E-state index contributed by atoms with van der Waals surface area (Å²) in [5.74, 6) is 0.751. The molecule has 0 saturated heterocycles. The van der Waals surface area contributed by atoms with Gasteiger partial charge in [0.25, 0.3) is 0 Å². The van der Waals surface area contributed by atoms with Crippen LogP contribution in [0.25, 0.3) is 0 Å². The van der Waals surface area contributed by atoms with Gasteiger partial charge in [0.1, 0.15) is 0 Å². The highest BCUT2D eigenvalue weighted by Crippen LogP contribution is 2.04. The summed E-state index contributed by atoms with van der Waals surface area (Å²) in [4.78, 5) is 0. The lowest BCUT2D eigenvalue weighted by Gasteiger charge is -2.06. The summed E-state index contributed by atoms with van der Waals surface area (Å²) in [6.45, 7) is 6.81. The van der Waals surface area contributed by atoms with E-state index in [1.54, 1.807) is 0 Å². The maximum absolute atomic E-state index is 5.60. The first kappa shape index (κ1) is 16.3. The first-order valence-electron chi connectivity index (χ1n) is 7.04. The van der Waals surface area contributed by atoms with E-state index in [9.17, 15) is 0 Å². The van der Waals surface area contributed by atoms with Gasteiger partial charge in [0.15, 0.2) is 0 Å². The van der Waals surface area contributed by atoms with Crippen LogP contribution in [0.4, 0.5) is 0 Å². The van der Waals surface area contributed by atoms with Crippen molar-refractivity contribution >= 4 is 0 Å². The minimum Gasteiger partial charge on any atom is -0.386 e. The normalized spacial score (nSPS) is 11.8. The van der Waals surface area contributed by atoms with Gasteiger partial charge in [-0.15, -0.1) is 0 Å². The smallest absolute Gasteiger partial charge is 0.0916 e. The van der Waals surface area contributed by atoms with Crippen molar-refractivity contribution in [2.75, 3.05) is 19.8 Å². The molecule has 0 aromatic carbocycles. The molecule has 102 valence electrons. The van der Waals surface area contributed by atoms with Crippen LogP contribution in [0, 0.1) is 0 Å². The van der Waals surface area contributed by atoms with Crippen LogP contribution < -0.4 is 11.1 Å². The van der Waals surface area contributed by atoms with Gasteiger partial charge in [-0.2, -0.15) is 0 Å². The molecule has 0 spiro atoms.